The van der Waals surface area contributed by atoms with Gasteiger partial charge in [0.1, 0.15) is 6.54 Å². The van der Waals surface area contributed by atoms with Crippen LogP contribution in [0.1, 0.15) is 157 Å². The molecule has 17 nitrogen and oxygen atoms in total. The van der Waals surface area contributed by atoms with E-state index in [2.05, 4.69) is 135 Å². The second-order valence-electron chi connectivity index (χ2n) is 15.4. The predicted octanol–water partition coefficient (Wildman–Crippen LogP) is 10.3. The number of thiol groups is 3. The van der Waals surface area contributed by atoms with Gasteiger partial charge in [-0.05, 0) is 74.4 Å². The van der Waals surface area contributed by atoms with Gasteiger partial charge in [0, 0.05) is 27.4 Å². The molecule has 26 heteroatoms. The Morgan fingerprint density at radius 3 is 0.969 bits per heavy atom. The third-order valence-corrected chi connectivity index (χ3v) is 9.46. The van der Waals surface area contributed by atoms with E-state index in [4.69, 9.17) is 28.3 Å². The highest BCUT2D eigenvalue weighted by molar-refractivity contribution is 7.79. The van der Waals surface area contributed by atoms with Gasteiger partial charge in [-0.2, -0.15) is 26.3 Å². The number of nitrogens with zero attached hydrogens (tertiary/aromatic N) is 6. The second kappa shape index (κ2) is 43.8. The van der Waals surface area contributed by atoms with E-state index in [1.165, 1.54) is 0 Å². The zero-order chi connectivity index (χ0) is 54.0. The SMILES string of the molecule is CC.CC.CCC(C)(C)C(C)(C)CN=[N+]=[N-].CCC(C)(C)C(C)(C)N.CCC(C)(C)N.CCN.O=C(CC(=O)C(F)(F)F)NS.O=C(CC(=O)C(F)(F)F)NS.[N-]=[N+]=NCC(=O)NS. The van der Waals surface area contributed by atoms with Crippen molar-refractivity contribution >= 4 is 67.7 Å². The molecule has 0 aromatic heterocycles. The summed E-state index contributed by atoms with van der Waals surface area (Å²) in [5.41, 5.74) is 32.7. The van der Waals surface area contributed by atoms with E-state index in [0.717, 1.165) is 25.8 Å². The van der Waals surface area contributed by atoms with E-state index in [-0.39, 0.29) is 33.9 Å². The molecule has 0 aromatic carbocycles. The Balaban J connectivity index is -0.0000000794. The van der Waals surface area contributed by atoms with Gasteiger partial charge in [-0.15, -0.1) is 0 Å². The molecule has 0 aliphatic carbocycles. The van der Waals surface area contributed by atoms with Gasteiger partial charge in [0.15, 0.2) is 0 Å². The van der Waals surface area contributed by atoms with E-state index >= 15 is 0 Å². The molecule has 0 aromatic rings. The van der Waals surface area contributed by atoms with E-state index < -0.39 is 54.5 Å². The lowest BCUT2D eigenvalue weighted by Gasteiger charge is -2.40. The molecule has 0 radical (unpaired) electrons. The van der Waals surface area contributed by atoms with Gasteiger partial charge in [0.05, 0.1) is 12.8 Å². The minimum Gasteiger partial charge on any atom is -0.331 e. The van der Waals surface area contributed by atoms with Gasteiger partial charge in [0.25, 0.3) is 0 Å². The molecule has 0 heterocycles. The molecule has 0 bridgehead atoms. The summed E-state index contributed by atoms with van der Waals surface area (Å²) in [5.74, 6) is -6.72. The van der Waals surface area contributed by atoms with Gasteiger partial charge in [-0.1, -0.05) is 152 Å². The smallest absolute Gasteiger partial charge is 0.331 e. The van der Waals surface area contributed by atoms with Gasteiger partial charge in [-0.25, -0.2) is 0 Å². The molecular weight excluding hydrogens is 915 g/mol. The standard InChI is InChI=1S/C9H19N3.C8H19N.C5H13N.2C4H4F3NO2S.C2H4N4OS.C2H7N.2C2H6/c1-6-8(2,3)9(4,5)7-11-12-10;1-6-7(2,3)8(4,5)9;1-4-5(2,3)6;2*5-4(6,7)2(9)1-3(10)8-11;3-6-4-1-2(7)5-8;1-2-3;2*1-2/h6-7H2,1-5H3;6,9H2,1-5H3;4,6H2,1-3H3;2*11H,1H2,(H,8,10);8H,1H2,(H,5,7);2-3H2,1H3;2*1-2H3. The lowest BCUT2D eigenvalue weighted by Crippen LogP contribution is -2.46. The van der Waals surface area contributed by atoms with E-state index in [9.17, 15) is 50.3 Å². The molecule has 0 fully saturated rings. The first kappa shape index (κ1) is 81.1. The number of alkyl halides is 6. The summed E-state index contributed by atoms with van der Waals surface area (Å²) in [4.78, 5) is 55.6. The number of amides is 3. The van der Waals surface area contributed by atoms with Crippen LogP contribution in [0.15, 0.2) is 10.2 Å². The minimum atomic E-state index is -4.94. The number of azide groups is 2. The van der Waals surface area contributed by atoms with Crippen molar-refractivity contribution in [2.45, 2.75) is 180 Å². The summed E-state index contributed by atoms with van der Waals surface area (Å²) in [7, 11) is 0. The Morgan fingerprint density at radius 1 is 0.547 bits per heavy atom. The molecule has 3 amide bonds. The van der Waals surface area contributed by atoms with Gasteiger partial charge in [0.2, 0.25) is 29.3 Å². The molecule has 0 spiro atoms. The zero-order valence-electron chi connectivity index (χ0n) is 41.2. The Labute approximate surface area is 395 Å². The van der Waals surface area contributed by atoms with E-state index in [0.29, 0.717) is 6.54 Å². The van der Waals surface area contributed by atoms with Crippen molar-refractivity contribution in [3.8, 4) is 0 Å². The monoisotopic (exact) mass is 997 g/mol. The Hall–Kier alpha value is -3.12. The van der Waals surface area contributed by atoms with E-state index in [1.54, 1.807) is 9.44 Å². The van der Waals surface area contributed by atoms with E-state index in [1.807, 2.05) is 53.2 Å². The van der Waals surface area contributed by atoms with Crippen LogP contribution in [0.4, 0.5) is 26.3 Å². The minimum absolute atomic E-state index is 0.0417. The Morgan fingerprint density at radius 2 is 0.812 bits per heavy atom. The number of carbonyl (C=O) groups is 5. The van der Waals surface area contributed by atoms with Crippen LogP contribution in [0, 0.1) is 16.2 Å². The number of carbonyl (C=O) groups excluding carboxylic acids is 5. The fraction of sp³-hybridized carbons (Fsp3) is 0.868. The average Bonchev–Trinajstić information content (AvgIpc) is 3.20. The first-order chi connectivity index (χ1) is 28.7. The average molecular weight is 997 g/mol. The van der Waals surface area contributed by atoms with Crippen molar-refractivity contribution < 1.29 is 50.3 Å². The molecule has 0 saturated carbocycles. The topological polar surface area (TPSA) is 297 Å². The number of hydrogen-bond acceptors (Lipinski definition) is 13. The van der Waals surface area contributed by atoms with Gasteiger partial charge < -0.3 is 31.4 Å². The van der Waals surface area contributed by atoms with Crippen molar-refractivity contribution in [2.24, 2.45) is 43.7 Å². The number of ketones is 2. The molecule has 384 valence electrons. The molecule has 0 unspecified atom stereocenters. The fourth-order valence-corrected chi connectivity index (χ4v) is 2.29. The summed E-state index contributed by atoms with van der Waals surface area (Å²) in [6.45, 7) is 38.8. The van der Waals surface area contributed by atoms with Crippen molar-refractivity contribution in [2.75, 3.05) is 19.6 Å². The summed E-state index contributed by atoms with van der Waals surface area (Å²) in [6, 6.07) is 0. The van der Waals surface area contributed by atoms with Crippen molar-refractivity contribution in [1.29, 1.82) is 0 Å². The summed E-state index contributed by atoms with van der Waals surface area (Å²) >= 11 is 9.74. The maximum atomic E-state index is 11.4. The molecular formula is C38H82F6N12O5S3. The lowest BCUT2D eigenvalue weighted by molar-refractivity contribution is -0.172. The Kier molecular flexibility index (Phi) is 55.4. The van der Waals surface area contributed by atoms with Crippen LogP contribution in [-0.2, 0) is 24.0 Å². The highest BCUT2D eigenvalue weighted by atomic mass is 32.1. The summed E-state index contributed by atoms with van der Waals surface area (Å²) in [6.07, 6.45) is -9.04. The first-order valence-electron chi connectivity index (χ1n) is 20.0. The van der Waals surface area contributed by atoms with Gasteiger partial charge >= 0.3 is 12.4 Å². The van der Waals surface area contributed by atoms with Crippen LogP contribution < -0.4 is 31.4 Å². The lowest BCUT2D eigenvalue weighted by atomic mass is 9.66. The second-order valence-corrected chi connectivity index (χ2v) is 16.1. The van der Waals surface area contributed by atoms with Crippen molar-refractivity contribution in [3.05, 3.63) is 20.9 Å². The maximum absolute atomic E-state index is 11.4. The normalized spacial score (nSPS) is 10.5. The number of rotatable bonds is 13. The van der Waals surface area contributed by atoms with Crippen LogP contribution in [0.25, 0.3) is 20.9 Å². The fourth-order valence-electron chi connectivity index (χ4n) is 2.06. The molecule has 0 aliphatic rings. The first-order valence-corrected chi connectivity index (χ1v) is 21.3. The maximum Gasteiger partial charge on any atom is 0.450 e. The molecule has 9 N–H and O–H groups in total. The number of hydrogen-bond donors (Lipinski definition) is 9. The van der Waals surface area contributed by atoms with Crippen LogP contribution in [0.2, 0.25) is 0 Å². The zero-order valence-corrected chi connectivity index (χ0v) is 43.9. The molecule has 0 saturated heterocycles. The summed E-state index contributed by atoms with van der Waals surface area (Å²) in [5, 5.41) is 6.60. The summed E-state index contributed by atoms with van der Waals surface area (Å²) < 4.78 is 73.5. The van der Waals surface area contributed by atoms with Gasteiger partial charge in [-0.3, -0.25) is 24.0 Å². The van der Waals surface area contributed by atoms with Crippen molar-refractivity contribution in [1.82, 2.24) is 14.2 Å². The molecule has 0 atom stereocenters. The number of halogens is 6. The number of nitrogens with one attached hydrogen (secondary N) is 3. The van der Waals surface area contributed by atoms with Crippen LogP contribution >= 0.6 is 38.4 Å². The quantitative estimate of drug-likeness (QED) is 0.0213. The molecule has 0 aliphatic heterocycles. The van der Waals surface area contributed by atoms with Crippen LogP contribution in [-0.4, -0.2) is 72.4 Å². The van der Waals surface area contributed by atoms with Crippen molar-refractivity contribution in [3.63, 3.8) is 0 Å². The van der Waals surface area contributed by atoms with Crippen LogP contribution in [0.5, 0.6) is 0 Å². The number of nitrogens with two attached hydrogens (primary N) is 3. The third-order valence-electron chi connectivity index (χ3n) is 8.71. The third kappa shape index (κ3) is 56.9. The van der Waals surface area contributed by atoms with Crippen LogP contribution in [0.3, 0.4) is 0 Å². The Bertz CT molecular complexity index is 1290. The molecule has 0 rings (SSSR count). The highest BCUT2D eigenvalue weighted by Crippen LogP contribution is 2.41. The number of Topliss-reactive ketones (excluding diaryl/α,β-unsaturated/α-hetero) is 2. The largest absolute Gasteiger partial charge is 0.450 e. The predicted molar refractivity (Wildman–Crippen MR) is 257 cm³/mol. The molecule has 64 heavy (non-hydrogen) atoms. The highest BCUT2D eigenvalue weighted by Gasteiger charge is 2.40.